The van der Waals surface area contributed by atoms with Crippen molar-refractivity contribution in [1.29, 1.82) is 0 Å². The largest absolute Gasteiger partial charge is 0.497 e. The van der Waals surface area contributed by atoms with Gasteiger partial charge in [0.05, 0.1) is 18.0 Å². The number of sulfonamides is 1. The van der Waals surface area contributed by atoms with Gasteiger partial charge in [0.2, 0.25) is 15.9 Å². The first kappa shape index (κ1) is 22.0. The Kier molecular flexibility index (Phi) is 6.89. The molecule has 0 aliphatic carbocycles. The molecule has 0 radical (unpaired) electrons. The van der Waals surface area contributed by atoms with Gasteiger partial charge < -0.3 is 9.64 Å². The second kappa shape index (κ2) is 9.40. The summed E-state index contributed by atoms with van der Waals surface area (Å²) in [5.41, 5.74) is 1.34. The van der Waals surface area contributed by atoms with E-state index in [1.165, 1.54) is 25.1 Å². The first-order valence-corrected chi connectivity index (χ1v) is 11.3. The average Bonchev–Trinajstić information content (AvgIpc) is 3.24. The number of rotatable bonds is 8. The maximum Gasteiger partial charge on any atom is 0.240 e. The van der Waals surface area contributed by atoms with Crippen LogP contribution < -0.4 is 9.46 Å². The quantitative estimate of drug-likeness (QED) is 0.650. The molecule has 0 spiro atoms. The molecule has 2 aromatic rings. The SMILES string of the molecule is COc1cccc(C2CCCN2C(=O)CCNS(=O)(=O)c2cccc(C(C)=O)c2)c1. The van der Waals surface area contributed by atoms with Crippen LogP contribution in [-0.2, 0) is 14.8 Å². The number of nitrogens with zero attached hydrogens (tertiary/aromatic N) is 1. The molecule has 0 aromatic heterocycles. The highest BCUT2D eigenvalue weighted by molar-refractivity contribution is 7.89. The van der Waals surface area contributed by atoms with Crippen LogP contribution in [0.1, 0.15) is 48.1 Å². The average molecular weight is 431 g/mol. The number of hydrogen-bond acceptors (Lipinski definition) is 5. The van der Waals surface area contributed by atoms with E-state index in [0.717, 1.165) is 24.2 Å². The van der Waals surface area contributed by atoms with E-state index in [9.17, 15) is 18.0 Å². The highest BCUT2D eigenvalue weighted by Crippen LogP contribution is 2.33. The van der Waals surface area contributed by atoms with E-state index >= 15 is 0 Å². The second-order valence-electron chi connectivity index (χ2n) is 7.25. The van der Waals surface area contributed by atoms with Crippen LogP contribution in [0, 0.1) is 0 Å². The van der Waals surface area contributed by atoms with Gasteiger partial charge in [-0.25, -0.2) is 13.1 Å². The topological polar surface area (TPSA) is 92.8 Å². The molecule has 1 fully saturated rings. The summed E-state index contributed by atoms with van der Waals surface area (Å²) in [6, 6.07) is 13.5. The third kappa shape index (κ3) is 5.06. The van der Waals surface area contributed by atoms with Gasteiger partial charge in [0, 0.05) is 25.1 Å². The minimum Gasteiger partial charge on any atom is -0.497 e. The minimum atomic E-state index is -3.80. The molecule has 1 saturated heterocycles. The Bertz CT molecular complexity index is 1040. The van der Waals surface area contributed by atoms with E-state index in [1.54, 1.807) is 18.1 Å². The predicted molar refractivity (Wildman–Crippen MR) is 113 cm³/mol. The molecule has 8 heteroatoms. The number of likely N-dealkylation sites (tertiary alicyclic amines) is 1. The normalized spacial score (nSPS) is 16.5. The Morgan fingerprint density at radius 1 is 1.17 bits per heavy atom. The van der Waals surface area contributed by atoms with Gasteiger partial charge >= 0.3 is 0 Å². The van der Waals surface area contributed by atoms with Crippen molar-refractivity contribution in [2.45, 2.75) is 37.1 Å². The third-order valence-electron chi connectivity index (χ3n) is 5.23. The van der Waals surface area contributed by atoms with Crippen molar-refractivity contribution in [3.05, 3.63) is 59.7 Å². The van der Waals surface area contributed by atoms with Crippen LogP contribution in [-0.4, -0.2) is 45.2 Å². The van der Waals surface area contributed by atoms with Crippen molar-refractivity contribution in [3.8, 4) is 5.75 Å². The molecule has 160 valence electrons. The van der Waals surface area contributed by atoms with Crippen LogP contribution in [0.4, 0.5) is 0 Å². The molecule has 1 heterocycles. The lowest BCUT2D eigenvalue weighted by molar-refractivity contribution is -0.131. The van der Waals surface area contributed by atoms with Crippen molar-refractivity contribution in [2.75, 3.05) is 20.2 Å². The molecule has 7 nitrogen and oxygen atoms in total. The van der Waals surface area contributed by atoms with E-state index in [4.69, 9.17) is 4.74 Å². The van der Waals surface area contributed by atoms with Crippen molar-refractivity contribution in [1.82, 2.24) is 9.62 Å². The molecule has 30 heavy (non-hydrogen) atoms. The lowest BCUT2D eigenvalue weighted by Crippen LogP contribution is -2.34. The number of carbonyl (C=O) groups is 2. The lowest BCUT2D eigenvalue weighted by atomic mass is 10.0. The third-order valence-corrected chi connectivity index (χ3v) is 6.69. The molecule has 0 bridgehead atoms. The van der Waals surface area contributed by atoms with Crippen LogP contribution in [0.5, 0.6) is 5.75 Å². The maximum atomic E-state index is 12.8. The number of benzene rings is 2. The molecule has 1 N–H and O–H groups in total. The van der Waals surface area contributed by atoms with Crippen LogP contribution in [0.3, 0.4) is 0 Å². The molecule has 0 saturated carbocycles. The summed E-state index contributed by atoms with van der Waals surface area (Å²) < 4.78 is 32.7. The number of hydrogen-bond donors (Lipinski definition) is 1. The molecule has 1 aliphatic heterocycles. The molecule has 1 aliphatic rings. The van der Waals surface area contributed by atoms with Crippen LogP contribution in [0.2, 0.25) is 0 Å². The van der Waals surface area contributed by atoms with Crippen LogP contribution >= 0.6 is 0 Å². The Balaban J connectivity index is 1.62. The molecule has 1 amide bonds. The van der Waals surface area contributed by atoms with Gasteiger partial charge in [-0.1, -0.05) is 24.3 Å². The number of amides is 1. The summed E-state index contributed by atoms with van der Waals surface area (Å²) in [6.45, 7) is 2.02. The summed E-state index contributed by atoms with van der Waals surface area (Å²) in [4.78, 5) is 26.1. The van der Waals surface area contributed by atoms with Crippen LogP contribution in [0.15, 0.2) is 53.4 Å². The summed E-state index contributed by atoms with van der Waals surface area (Å²) >= 11 is 0. The van der Waals surface area contributed by atoms with Crippen molar-refractivity contribution in [2.24, 2.45) is 0 Å². The predicted octanol–water partition coefficient (Wildman–Crippen LogP) is 2.93. The molecular weight excluding hydrogens is 404 g/mol. The van der Waals surface area contributed by atoms with E-state index in [2.05, 4.69) is 4.72 Å². The summed E-state index contributed by atoms with van der Waals surface area (Å²) in [5, 5.41) is 0. The van der Waals surface area contributed by atoms with E-state index in [1.807, 2.05) is 24.3 Å². The summed E-state index contributed by atoms with van der Waals surface area (Å²) in [7, 11) is -2.19. The zero-order valence-corrected chi connectivity index (χ0v) is 17.9. The number of Topliss-reactive ketones (excluding diaryl/α,β-unsaturated/α-hetero) is 1. The first-order valence-electron chi connectivity index (χ1n) is 9.86. The zero-order valence-electron chi connectivity index (χ0n) is 17.1. The highest BCUT2D eigenvalue weighted by Gasteiger charge is 2.30. The number of methoxy groups -OCH3 is 1. The van der Waals surface area contributed by atoms with Crippen LogP contribution in [0.25, 0.3) is 0 Å². The lowest BCUT2D eigenvalue weighted by Gasteiger charge is -2.25. The van der Waals surface area contributed by atoms with Gasteiger partial charge in [0.1, 0.15) is 5.75 Å². The fourth-order valence-electron chi connectivity index (χ4n) is 3.66. The smallest absolute Gasteiger partial charge is 0.240 e. The van der Waals surface area contributed by atoms with Gasteiger partial charge in [-0.3, -0.25) is 9.59 Å². The van der Waals surface area contributed by atoms with Gasteiger partial charge in [-0.2, -0.15) is 0 Å². The summed E-state index contributed by atoms with van der Waals surface area (Å²) in [5.74, 6) is 0.438. The molecule has 3 rings (SSSR count). The van der Waals surface area contributed by atoms with E-state index < -0.39 is 10.0 Å². The number of nitrogens with one attached hydrogen (secondary N) is 1. The van der Waals surface area contributed by atoms with Gasteiger partial charge in [-0.05, 0) is 49.6 Å². The minimum absolute atomic E-state index is 0.00715. The fraction of sp³-hybridized carbons (Fsp3) is 0.364. The zero-order chi connectivity index (χ0) is 21.7. The van der Waals surface area contributed by atoms with E-state index in [-0.39, 0.29) is 35.6 Å². The molecule has 1 unspecified atom stereocenters. The first-order chi connectivity index (χ1) is 14.3. The molecule has 2 aromatic carbocycles. The van der Waals surface area contributed by atoms with Crippen molar-refractivity contribution >= 4 is 21.7 Å². The fourth-order valence-corrected chi connectivity index (χ4v) is 4.74. The van der Waals surface area contributed by atoms with E-state index in [0.29, 0.717) is 12.1 Å². The Hall–Kier alpha value is -2.71. The van der Waals surface area contributed by atoms with Gasteiger partial charge in [0.15, 0.2) is 5.78 Å². The van der Waals surface area contributed by atoms with Crippen molar-refractivity contribution in [3.63, 3.8) is 0 Å². The maximum absolute atomic E-state index is 12.8. The number of ether oxygens (including phenoxy) is 1. The molecule has 1 atom stereocenters. The monoisotopic (exact) mass is 430 g/mol. The molecular formula is C22H26N2O5S. The highest BCUT2D eigenvalue weighted by atomic mass is 32.2. The van der Waals surface area contributed by atoms with Gasteiger partial charge in [0.25, 0.3) is 0 Å². The Morgan fingerprint density at radius 3 is 2.67 bits per heavy atom. The van der Waals surface area contributed by atoms with Gasteiger partial charge in [-0.15, -0.1) is 0 Å². The Labute approximate surface area is 177 Å². The standard InChI is InChI=1S/C22H26N2O5S/c1-16(25)17-6-4-9-20(15-17)30(27,28)23-12-11-22(26)24-13-5-10-21(24)18-7-3-8-19(14-18)29-2/h3-4,6-9,14-15,21,23H,5,10-13H2,1-2H3. The number of carbonyl (C=O) groups excluding carboxylic acids is 2. The Morgan fingerprint density at radius 2 is 1.93 bits per heavy atom. The van der Waals surface area contributed by atoms with Crippen molar-refractivity contribution < 1.29 is 22.7 Å². The number of ketones is 1. The summed E-state index contributed by atoms with van der Waals surface area (Å²) in [6.07, 6.45) is 1.83. The second-order valence-corrected chi connectivity index (χ2v) is 9.02.